The fourth-order valence-corrected chi connectivity index (χ4v) is 2.54. The van der Waals surface area contributed by atoms with Crippen LogP contribution in [0.25, 0.3) is 11.0 Å². The van der Waals surface area contributed by atoms with Crippen molar-refractivity contribution in [3.63, 3.8) is 0 Å². The molecule has 3 rings (SSSR count). The van der Waals surface area contributed by atoms with Crippen molar-refractivity contribution in [2.24, 2.45) is 0 Å². The third kappa shape index (κ3) is 2.48. The number of fused-ring (bicyclic) bond motifs is 1. The Morgan fingerprint density at radius 3 is 2.81 bits per heavy atom. The van der Waals surface area contributed by atoms with Crippen LogP contribution in [0.2, 0.25) is 0 Å². The van der Waals surface area contributed by atoms with Crippen molar-refractivity contribution >= 4 is 22.6 Å². The van der Waals surface area contributed by atoms with E-state index in [-0.39, 0.29) is 0 Å². The van der Waals surface area contributed by atoms with E-state index in [4.69, 9.17) is 11.6 Å². The quantitative estimate of drug-likeness (QED) is 0.696. The molecule has 2 heterocycles. The summed E-state index contributed by atoms with van der Waals surface area (Å²) in [6.07, 6.45) is 1.85. The SMILES string of the molecule is Cc1ccc(Cn2c(CCl)nc3c(C#N)cccc32)cn1. The summed E-state index contributed by atoms with van der Waals surface area (Å²) < 4.78 is 2.04. The van der Waals surface area contributed by atoms with Gasteiger partial charge in [0.25, 0.3) is 0 Å². The number of nitriles is 1. The molecule has 0 aliphatic rings. The first-order valence-electron chi connectivity index (χ1n) is 6.58. The van der Waals surface area contributed by atoms with E-state index < -0.39 is 0 Å². The molecule has 2 aromatic heterocycles. The summed E-state index contributed by atoms with van der Waals surface area (Å²) in [6.45, 7) is 2.60. The number of alkyl halides is 1. The Morgan fingerprint density at radius 1 is 1.29 bits per heavy atom. The second kappa shape index (κ2) is 5.55. The van der Waals surface area contributed by atoms with Crippen LogP contribution in [0, 0.1) is 18.3 Å². The second-order valence-electron chi connectivity index (χ2n) is 4.84. The number of hydrogen-bond acceptors (Lipinski definition) is 3. The molecule has 21 heavy (non-hydrogen) atoms. The van der Waals surface area contributed by atoms with Crippen molar-refractivity contribution in [3.8, 4) is 6.07 Å². The van der Waals surface area contributed by atoms with Crippen LogP contribution in [0.1, 0.15) is 22.6 Å². The number of pyridine rings is 1. The lowest BCUT2D eigenvalue weighted by Crippen LogP contribution is -2.04. The van der Waals surface area contributed by atoms with Gasteiger partial charge in [-0.15, -0.1) is 11.6 Å². The zero-order valence-corrected chi connectivity index (χ0v) is 12.3. The molecule has 0 radical (unpaired) electrons. The number of imidazole rings is 1. The molecule has 0 amide bonds. The maximum Gasteiger partial charge on any atom is 0.125 e. The molecule has 0 bridgehead atoms. The summed E-state index contributed by atoms with van der Waals surface area (Å²) in [5.41, 5.74) is 4.26. The minimum absolute atomic E-state index is 0.304. The van der Waals surface area contributed by atoms with E-state index in [1.807, 2.05) is 42.0 Å². The van der Waals surface area contributed by atoms with Crippen molar-refractivity contribution < 1.29 is 0 Å². The summed E-state index contributed by atoms with van der Waals surface area (Å²) >= 11 is 6.01. The van der Waals surface area contributed by atoms with E-state index in [0.717, 1.165) is 22.6 Å². The fourth-order valence-electron chi connectivity index (χ4n) is 2.34. The summed E-state index contributed by atoms with van der Waals surface area (Å²) in [7, 11) is 0. The predicted octanol–water partition coefficient (Wildman–Crippen LogP) is 3.40. The predicted molar refractivity (Wildman–Crippen MR) is 82.1 cm³/mol. The molecule has 1 aromatic carbocycles. The van der Waals surface area contributed by atoms with Gasteiger partial charge in [0.15, 0.2) is 0 Å². The van der Waals surface area contributed by atoms with Crippen molar-refractivity contribution in [3.05, 3.63) is 59.2 Å². The molecule has 0 spiro atoms. The van der Waals surface area contributed by atoms with Gasteiger partial charge >= 0.3 is 0 Å². The van der Waals surface area contributed by atoms with Crippen molar-refractivity contribution in [2.45, 2.75) is 19.3 Å². The topological polar surface area (TPSA) is 54.5 Å². The first-order valence-corrected chi connectivity index (χ1v) is 7.12. The van der Waals surface area contributed by atoms with Gasteiger partial charge in [0.2, 0.25) is 0 Å². The van der Waals surface area contributed by atoms with E-state index in [0.29, 0.717) is 23.5 Å². The van der Waals surface area contributed by atoms with Crippen molar-refractivity contribution in [2.75, 3.05) is 0 Å². The smallest absolute Gasteiger partial charge is 0.125 e. The summed E-state index contributed by atoms with van der Waals surface area (Å²) in [5.74, 6) is 1.06. The average molecular weight is 297 g/mol. The van der Waals surface area contributed by atoms with Gasteiger partial charge in [-0.05, 0) is 30.7 Å². The van der Waals surface area contributed by atoms with Gasteiger partial charge in [-0.1, -0.05) is 12.1 Å². The number of aryl methyl sites for hydroxylation is 1. The minimum Gasteiger partial charge on any atom is -0.322 e. The van der Waals surface area contributed by atoms with Gasteiger partial charge < -0.3 is 4.57 Å². The molecule has 3 aromatic rings. The van der Waals surface area contributed by atoms with Gasteiger partial charge in [-0.2, -0.15) is 5.26 Å². The molecular formula is C16H13ClN4. The van der Waals surface area contributed by atoms with Gasteiger partial charge in [0.1, 0.15) is 17.4 Å². The zero-order valence-electron chi connectivity index (χ0n) is 11.5. The van der Waals surface area contributed by atoms with E-state index >= 15 is 0 Å². The summed E-state index contributed by atoms with van der Waals surface area (Å²) in [6, 6.07) is 11.8. The molecule has 0 aliphatic heterocycles. The third-order valence-corrected chi connectivity index (χ3v) is 3.65. The van der Waals surface area contributed by atoms with E-state index in [9.17, 15) is 5.26 Å². The molecular weight excluding hydrogens is 284 g/mol. The lowest BCUT2D eigenvalue weighted by atomic mass is 10.2. The van der Waals surface area contributed by atoms with Crippen LogP contribution in [0.3, 0.4) is 0 Å². The molecule has 104 valence electrons. The molecule has 0 fully saturated rings. The number of aromatic nitrogens is 3. The molecule has 4 nitrogen and oxygen atoms in total. The van der Waals surface area contributed by atoms with Crippen LogP contribution >= 0.6 is 11.6 Å². The molecule has 0 atom stereocenters. The van der Waals surface area contributed by atoms with Crippen LogP contribution < -0.4 is 0 Å². The van der Waals surface area contributed by atoms with Crippen LogP contribution in [-0.4, -0.2) is 14.5 Å². The number of rotatable bonds is 3. The normalized spacial score (nSPS) is 10.7. The summed E-state index contributed by atoms with van der Waals surface area (Å²) in [4.78, 5) is 8.81. The van der Waals surface area contributed by atoms with Gasteiger partial charge in [-0.3, -0.25) is 4.98 Å². The van der Waals surface area contributed by atoms with Crippen LogP contribution in [0.15, 0.2) is 36.5 Å². The monoisotopic (exact) mass is 296 g/mol. The second-order valence-corrected chi connectivity index (χ2v) is 5.11. The maximum atomic E-state index is 9.19. The van der Waals surface area contributed by atoms with E-state index in [1.165, 1.54) is 0 Å². The number of hydrogen-bond donors (Lipinski definition) is 0. The van der Waals surface area contributed by atoms with Crippen LogP contribution in [0.4, 0.5) is 0 Å². The maximum absolute atomic E-state index is 9.19. The first kappa shape index (κ1) is 13.6. The highest BCUT2D eigenvalue weighted by molar-refractivity contribution is 6.16. The Bertz CT molecular complexity index is 828. The van der Waals surface area contributed by atoms with Crippen LogP contribution in [0.5, 0.6) is 0 Å². The minimum atomic E-state index is 0.304. The Balaban J connectivity index is 2.13. The van der Waals surface area contributed by atoms with Crippen molar-refractivity contribution in [1.82, 2.24) is 14.5 Å². The molecule has 0 aliphatic carbocycles. The highest BCUT2D eigenvalue weighted by Crippen LogP contribution is 2.22. The molecule has 0 unspecified atom stereocenters. The molecule has 0 saturated carbocycles. The van der Waals surface area contributed by atoms with Gasteiger partial charge in [0, 0.05) is 11.9 Å². The lowest BCUT2D eigenvalue weighted by molar-refractivity contribution is 0.774. The Morgan fingerprint density at radius 2 is 2.14 bits per heavy atom. The number of benzene rings is 1. The van der Waals surface area contributed by atoms with Crippen LogP contribution in [-0.2, 0) is 12.4 Å². The first-order chi connectivity index (χ1) is 10.2. The fraction of sp³-hybridized carbons (Fsp3) is 0.188. The third-order valence-electron chi connectivity index (χ3n) is 3.41. The largest absolute Gasteiger partial charge is 0.322 e. The number of para-hydroxylation sites is 1. The highest BCUT2D eigenvalue weighted by atomic mass is 35.5. The van der Waals surface area contributed by atoms with Gasteiger partial charge in [-0.25, -0.2) is 4.98 Å². The zero-order chi connectivity index (χ0) is 14.8. The average Bonchev–Trinajstić information content (AvgIpc) is 2.87. The van der Waals surface area contributed by atoms with E-state index in [1.54, 1.807) is 6.07 Å². The Labute approximate surface area is 127 Å². The highest BCUT2D eigenvalue weighted by Gasteiger charge is 2.13. The van der Waals surface area contributed by atoms with Gasteiger partial charge in [0.05, 0.1) is 23.5 Å². The number of nitrogens with zero attached hydrogens (tertiary/aromatic N) is 4. The standard InChI is InChI=1S/C16H13ClN4/c1-11-5-6-12(9-19-11)10-21-14-4-2-3-13(8-18)16(14)20-15(21)7-17/h2-6,9H,7,10H2,1H3. The molecule has 0 saturated heterocycles. The van der Waals surface area contributed by atoms with Crippen molar-refractivity contribution in [1.29, 1.82) is 5.26 Å². The van der Waals surface area contributed by atoms with E-state index in [2.05, 4.69) is 16.0 Å². The Kier molecular flexibility index (Phi) is 3.59. The lowest BCUT2D eigenvalue weighted by Gasteiger charge is -2.08. The molecule has 0 N–H and O–H groups in total. The molecule has 5 heteroatoms. The summed E-state index contributed by atoms with van der Waals surface area (Å²) in [5, 5.41) is 9.19. The Hall–Kier alpha value is -2.38. The number of halogens is 1.